The molecule has 0 aliphatic carbocycles. The smallest absolute Gasteiger partial charge is 0.274 e. The molecule has 5 nitrogen and oxygen atoms in total. The number of aryl methyl sites for hydroxylation is 1. The van der Waals surface area contributed by atoms with Crippen LogP contribution in [0.4, 0.5) is 21.6 Å². The molecule has 3 rings (SSSR count). The number of aromatic nitrogens is 2. The molecule has 0 unspecified atom stereocenters. The predicted molar refractivity (Wildman–Crippen MR) is 105 cm³/mol. The molecule has 2 N–H and O–H groups in total. The van der Waals surface area contributed by atoms with Gasteiger partial charge in [-0.25, -0.2) is 14.4 Å². The van der Waals surface area contributed by atoms with E-state index in [0.29, 0.717) is 23.2 Å². The molecule has 0 atom stereocenters. The van der Waals surface area contributed by atoms with Gasteiger partial charge in [-0.1, -0.05) is 38.1 Å². The molecule has 0 radical (unpaired) electrons. The van der Waals surface area contributed by atoms with Crippen LogP contribution in [0, 0.1) is 12.7 Å². The lowest BCUT2D eigenvalue weighted by atomic mass is 10.0. The van der Waals surface area contributed by atoms with Crippen molar-refractivity contribution in [2.75, 3.05) is 10.6 Å². The standard InChI is InChI=1S/C21H21FN4O/c1-13(2)17-9-4-5-10-18(17)26-20-12-19(23-14(3)24-20)21(27)25-16-8-6-7-15(22)11-16/h4-13H,1-3H3,(H,25,27)(H,23,24,26). The van der Waals surface area contributed by atoms with Crippen LogP contribution in [0.2, 0.25) is 0 Å². The van der Waals surface area contributed by atoms with E-state index < -0.39 is 11.7 Å². The van der Waals surface area contributed by atoms with Gasteiger partial charge >= 0.3 is 0 Å². The summed E-state index contributed by atoms with van der Waals surface area (Å²) in [5.41, 5.74) is 2.66. The van der Waals surface area contributed by atoms with E-state index in [9.17, 15) is 9.18 Å². The van der Waals surface area contributed by atoms with Gasteiger partial charge in [-0.3, -0.25) is 4.79 Å². The summed E-state index contributed by atoms with van der Waals surface area (Å²) >= 11 is 0. The molecule has 2 aromatic carbocycles. The number of halogens is 1. The second-order valence-electron chi connectivity index (χ2n) is 6.52. The molecule has 1 heterocycles. The van der Waals surface area contributed by atoms with Crippen molar-refractivity contribution in [1.82, 2.24) is 9.97 Å². The van der Waals surface area contributed by atoms with Crippen molar-refractivity contribution in [3.63, 3.8) is 0 Å². The van der Waals surface area contributed by atoms with E-state index in [1.54, 1.807) is 19.1 Å². The average molecular weight is 364 g/mol. The summed E-state index contributed by atoms with van der Waals surface area (Å²) in [6.07, 6.45) is 0. The molecular weight excluding hydrogens is 343 g/mol. The summed E-state index contributed by atoms with van der Waals surface area (Å²) < 4.78 is 13.3. The Morgan fingerprint density at radius 2 is 1.81 bits per heavy atom. The van der Waals surface area contributed by atoms with Gasteiger partial charge in [-0.05, 0) is 42.7 Å². The van der Waals surface area contributed by atoms with E-state index in [-0.39, 0.29) is 5.69 Å². The number of benzene rings is 2. The first-order chi connectivity index (χ1) is 12.9. The van der Waals surface area contributed by atoms with Gasteiger partial charge in [-0.2, -0.15) is 0 Å². The third-order valence-corrected chi connectivity index (χ3v) is 4.00. The Hall–Kier alpha value is -3.28. The quantitative estimate of drug-likeness (QED) is 0.665. The van der Waals surface area contributed by atoms with E-state index in [1.165, 1.54) is 18.2 Å². The molecule has 1 amide bonds. The Morgan fingerprint density at radius 3 is 2.56 bits per heavy atom. The molecule has 0 fully saturated rings. The normalized spacial score (nSPS) is 10.7. The van der Waals surface area contributed by atoms with Crippen LogP contribution in [-0.4, -0.2) is 15.9 Å². The van der Waals surface area contributed by atoms with E-state index in [4.69, 9.17) is 0 Å². The Balaban J connectivity index is 1.85. The molecule has 0 saturated heterocycles. The maximum Gasteiger partial charge on any atom is 0.274 e. The summed E-state index contributed by atoms with van der Waals surface area (Å²) in [6.45, 7) is 5.95. The van der Waals surface area contributed by atoms with Gasteiger partial charge in [-0.15, -0.1) is 0 Å². The highest BCUT2D eigenvalue weighted by Gasteiger charge is 2.13. The van der Waals surface area contributed by atoms with Gasteiger partial charge < -0.3 is 10.6 Å². The van der Waals surface area contributed by atoms with Gasteiger partial charge in [0.2, 0.25) is 0 Å². The molecule has 138 valence electrons. The van der Waals surface area contributed by atoms with Crippen LogP contribution >= 0.6 is 0 Å². The Kier molecular flexibility index (Phi) is 5.45. The minimum absolute atomic E-state index is 0.205. The summed E-state index contributed by atoms with van der Waals surface area (Å²) in [7, 11) is 0. The van der Waals surface area contributed by atoms with Gasteiger partial charge in [0.05, 0.1) is 0 Å². The fourth-order valence-corrected chi connectivity index (χ4v) is 2.76. The number of hydrogen-bond donors (Lipinski definition) is 2. The fraction of sp³-hybridized carbons (Fsp3) is 0.190. The van der Waals surface area contributed by atoms with Crippen molar-refractivity contribution in [2.45, 2.75) is 26.7 Å². The molecule has 0 bridgehead atoms. The van der Waals surface area contributed by atoms with Gasteiger partial charge in [0.15, 0.2) is 0 Å². The van der Waals surface area contributed by atoms with Crippen molar-refractivity contribution in [3.8, 4) is 0 Å². The number of rotatable bonds is 5. The van der Waals surface area contributed by atoms with E-state index >= 15 is 0 Å². The largest absolute Gasteiger partial charge is 0.340 e. The van der Waals surface area contributed by atoms with Crippen LogP contribution in [0.25, 0.3) is 0 Å². The summed E-state index contributed by atoms with van der Waals surface area (Å²) in [5, 5.41) is 5.92. The lowest BCUT2D eigenvalue weighted by Gasteiger charge is -2.15. The van der Waals surface area contributed by atoms with Crippen LogP contribution in [-0.2, 0) is 0 Å². The third-order valence-electron chi connectivity index (χ3n) is 4.00. The van der Waals surface area contributed by atoms with E-state index in [1.807, 2.05) is 18.2 Å². The molecule has 0 spiro atoms. The molecule has 0 aliphatic heterocycles. The van der Waals surface area contributed by atoms with E-state index in [0.717, 1.165) is 11.3 Å². The minimum atomic E-state index is -0.425. The zero-order valence-corrected chi connectivity index (χ0v) is 15.5. The third kappa shape index (κ3) is 4.67. The van der Waals surface area contributed by atoms with Gasteiger partial charge in [0.1, 0.15) is 23.2 Å². The number of nitrogens with one attached hydrogen (secondary N) is 2. The number of nitrogens with zero attached hydrogens (tertiary/aromatic N) is 2. The number of amides is 1. The molecular formula is C21H21FN4O. The van der Waals surface area contributed by atoms with Crippen LogP contribution < -0.4 is 10.6 Å². The Labute approximate surface area is 157 Å². The van der Waals surface area contributed by atoms with Crippen LogP contribution in [0.3, 0.4) is 0 Å². The van der Waals surface area contributed by atoms with Crippen LogP contribution in [0.5, 0.6) is 0 Å². The molecule has 3 aromatic rings. The van der Waals surface area contributed by atoms with Crippen molar-refractivity contribution >= 4 is 23.1 Å². The first kappa shape index (κ1) is 18.5. The fourth-order valence-electron chi connectivity index (χ4n) is 2.76. The summed E-state index contributed by atoms with van der Waals surface area (Å²) in [4.78, 5) is 21.1. The van der Waals surface area contributed by atoms with Gasteiger partial charge in [0.25, 0.3) is 5.91 Å². The van der Waals surface area contributed by atoms with Crippen molar-refractivity contribution < 1.29 is 9.18 Å². The molecule has 1 aromatic heterocycles. The minimum Gasteiger partial charge on any atom is -0.340 e. The van der Waals surface area contributed by atoms with Crippen LogP contribution in [0.15, 0.2) is 54.6 Å². The monoisotopic (exact) mass is 364 g/mol. The number of anilines is 3. The highest BCUT2D eigenvalue weighted by Crippen LogP contribution is 2.26. The number of para-hydroxylation sites is 1. The first-order valence-electron chi connectivity index (χ1n) is 8.71. The summed E-state index contributed by atoms with van der Waals surface area (Å²) in [6, 6.07) is 15.3. The molecule has 6 heteroatoms. The maximum absolute atomic E-state index is 13.3. The Morgan fingerprint density at radius 1 is 1.04 bits per heavy atom. The second-order valence-corrected chi connectivity index (χ2v) is 6.52. The highest BCUT2D eigenvalue weighted by atomic mass is 19.1. The van der Waals surface area contributed by atoms with Crippen LogP contribution in [0.1, 0.15) is 41.6 Å². The highest BCUT2D eigenvalue weighted by molar-refractivity contribution is 6.03. The zero-order chi connectivity index (χ0) is 19.4. The molecule has 27 heavy (non-hydrogen) atoms. The average Bonchev–Trinajstić information content (AvgIpc) is 2.61. The maximum atomic E-state index is 13.3. The molecule has 0 saturated carbocycles. The zero-order valence-electron chi connectivity index (χ0n) is 15.5. The predicted octanol–water partition coefficient (Wildman–Crippen LogP) is 5.04. The summed E-state index contributed by atoms with van der Waals surface area (Å²) in [5.74, 6) is 0.490. The number of carbonyl (C=O) groups is 1. The van der Waals surface area contributed by atoms with E-state index in [2.05, 4.69) is 40.5 Å². The number of hydrogen-bond acceptors (Lipinski definition) is 4. The molecule has 0 aliphatic rings. The second kappa shape index (κ2) is 7.95. The number of carbonyl (C=O) groups excluding carboxylic acids is 1. The van der Waals surface area contributed by atoms with Crippen molar-refractivity contribution in [1.29, 1.82) is 0 Å². The lowest BCUT2D eigenvalue weighted by Crippen LogP contribution is -2.15. The Bertz CT molecular complexity index is 972. The first-order valence-corrected chi connectivity index (χ1v) is 8.71. The SMILES string of the molecule is Cc1nc(Nc2ccccc2C(C)C)cc(C(=O)Nc2cccc(F)c2)n1. The van der Waals surface area contributed by atoms with Crippen molar-refractivity contribution in [3.05, 3.63) is 77.5 Å². The van der Waals surface area contributed by atoms with Gasteiger partial charge in [0, 0.05) is 17.4 Å². The van der Waals surface area contributed by atoms with Crippen molar-refractivity contribution in [2.24, 2.45) is 0 Å². The topological polar surface area (TPSA) is 66.9 Å². The lowest BCUT2D eigenvalue weighted by molar-refractivity contribution is 0.102.